The predicted octanol–water partition coefficient (Wildman–Crippen LogP) is 0.852. The van der Waals surface area contributed by atoms with Gasteiger partial charge in [0.2, 0.25) is 5.91 Å². The van der Waals surface area contributed by atoms with Crippen LogP contribution in [0.25, 0.3) is 0 Å². The molecule has 1 heterocycles. The summed E-state index contributed by atoms with van der Waals surface area (Å²) < 4.78 is 5.53. The van der Waals surface area contributed by atoms with Crippen LogP contribution in [0, 0.1) is 0 Å². The molecule has 0 aliphatic carbocycles. The van der Waals surface area contributed by atoms with E-state index in [2.05, 4.69) is 0 Å². The minimum absolute atomic E-state index is 0.207. The van der Waals surface area contributed by atoms with Gasteiger partial charge in [0.15, 0.2) is 0 Å². The van der Waals surface area contributed by atoms with Crippen LogP contribution in [0.3, 0.4) is 0 Å². The van der Waals surface area contributed by atoms with Crippen LogP contribution in [0.1, 0.15) is 12.8 Å². The van der Waals surface area contributed by atoms with Gasteiger partial charge in [0.25, 0.3) is 0 Å². The Hall–Kier alpha value is -1.91. The summed E-state index contributed by atoms with van der Waals surface area (Å²) in [6.07, 6.45) is 1.60. The van der Waals surface area contributed by atoms with E-state index in [0.717, 1.165) is 13.0 Å². The van der Waals surface area contributed by atoms with Crippen molar-refractivity contribution >= 4 is 17.3 Å². The fourth-order valence-corrected chi connectivity index (χ4v) is 1.90. The Kier molecular flexibility index (Phi) is 3.37. The summed E-state index contributed by atoms with van der Waals surface area (Å²) in [5, 5.41) is 0. The lowest BCUT2D eigenvalue weighted by Crippen LogP contribution is -2.29. The van der Waals surface area contributed by atoms with E-state index >= 15 is 0 Å². The lowest BCUT2D eigenvalue weighted by Gasteiger charge is -2.16. The first kappa shape index (κ1) is 11.6. The third-order valence-electron chi connectivity index (χ3n) is 2.82. The number of likely N-dealkylation sites (tertiary alicyclic amines) is 1. The molecule has 0 saturated carbocycles. The SMILES string of the molecule is Nc1ccc(OCCN2CCCC2=O)c(N)c1. The molecule has 1 fully saturated rings. The number of rotatable bonds is 4. The zero-order chi connectivity index (χ0) is 12.3. The Morgan fingerprint density at radius 2 is 2.18 bits per heavy atom. The number of carbonyl (C=O) groups is 1. The van der Waals surface area contributed by atoms with Crippen molar-refractivity contribution in [1.29, 1.82) is 0 Å². The van der Waals surface area contributed by atoms with E-state index in [1.807, 2.05) is 4.90 Å². The molecule has 17 heavy (non-hydrogen) atoms. The second kappa shape index (κ2) is 4.95. The van der Waals surface area contributed by atoms with E-state index in [1.165, 1.54) is 0 Å². The molecule has 1 saturated heterocycles. The van der Waals surface area contributed by atoms with Crippen LogP contribution in [0.15, 0.2) is 18.2 Å². The minimum atomic E-state index is 0.207. The van der Waals surface area contributed by atoms with Crippen molar-refractivity contribution in [3.8, 4) is 5.75 Å². The quantitative estimate of drug-likeness (QED) is 0.758. The normalized spacial score (nSPS) is 15.3. The van der Waals surface area contributed by atoms with Gasteiger partial charge in [0, 0.05) is 18.7 Å². The summed E-state index contributed by atoms with van der Waals surface area (Å²) in [5.41, 5.74) is 12.5. The van der Waals surface area contributed by atoms with Gasteiger partial charge < -0.3 is 21.1 Å². The molecule has 1 aromatic rings. The number of anilines is 2. The van der Waals surface area contributed by atoms with E-state index in [-0.39, 0.29) is 5.91 Å². The van der Waals surface area contributed by atoms with Crippen LogP contribution in [-0.2, 0) is 4.79 Å². The van der Waals surface area contributed by atoms with Gasteiger partial charge in [-0.15, -0.1) is 0 Å². The predicted molar refractivity (Wildman–Crippen MR) is 66.6 cm³/mol. The molecule has 5 nitrogen and oxygen atoms in total. The Bertz CT molecular complexity index is 420. The molecule has 0 bridgehead atoms. The van der Waals surface area contributed by atoms with Crippen LogP contribution < -0.4 is 16.2 Å². The number of nitrogens with zero attached hydrogens (tertiary/aromatic N) is 1. The highest BCUT2D eigenvalue weighted by atomic mass is 16.5. The van der Waals surface area contributed by atoms with Crippen molar-refractivity contribution in [2.24, 2.45) is 0 Å². The van der Waals surface area contributed by atoms with Gasteiger partial charge in [-0.25, -0.2) is 0 Å². The third kappa shape index (κ3) is 2.81. The average molecular weight is 235 g/mol. The molecule has 2 rings (SSSR count). The monoisotopic (exact) mass is 235 g/mol. The summed E-state index contributed by atoms with van der Waals surface area (Å²) in [5.74, 6) is 0.824. The fourth-order valence-electron chi connectivity index (χ4n) is 1.90. The second-order valence-corrected chi connectivity index (χ2v) is 4.13. The van der Waals surface area contributed by atoms with Crippen molar-refractivity contribution in [1.82, 2.24) is 4.90 Å². The minimum Gasteiger partial charge on any atom is -0.490 e. The lowest BCUT2D eigenvalue weighted by atomic mass is 10.2. The third-order valence-corrected chi connectivity index (χ3v) is 2.82. The highest BCUT2D eigenvalue weighted by Gasteiger charge is 2.19. The Labute approximate surface area is 100 Å². The number of nitrogen functional groups attached to an aromatic ring is 2. The molecule has 1 amide bonds. The van der Waals surface area contributed by atoms with Gasteiger partial charge in [0.1, 0.15) is 12.4 Å². The molecule has 0 radical (unpaired) electrons. The number of ether oxygens (including phenoxy) is 1. The molecule has 1 aromatic carbocycles. The van der Waals surface area contributed by atoms with Crippen LogP contribution in [-0.4, -0.2) is 30.5 Å². The van der Waals surface area contributed by atoms with E-state index < -0.39 is 0 Å². The molecule has 0 atom stereocenters. The average Bonchev–Trinajstić information content (AvgIpc) is 2.68. The smallest absolute Gasteiger partial charge is 0.222 e. The molecule has 0 aromatic heterocycles. The molecule has 1 aliphatic rings. The van der Waals surface area contributed by atoms with Crippen molar-refractivity contribution in [3.05, 3.63) is 18.2 Å². The molecule has 5 heteroatoms. The van der Waals surface area contributed by atoms with Gasteiger partial charge in [-0.2, -0.15) is 0 Å². The number of amides is 1. The number of nitrogens with two attached hydrogens (primary N) is 2. The molecular weight excluding hydrogens is 218 g/mol. The summed E-state index contributed by atoms with van der Waals surface area (Å²) in [7, 11) is 0. The zero-order valence-electron chi connectivity index (χ0n) is 9.69. The Morgan fingerprint density at radius 1 is 1.35 bits per heavy atom. The van der Waals surface area contributed by atoms with Gasteiger partial charge in [0.05, 0.1) is 12.2 Å². The lowest BCUT2D eigenvalue weighted by molar-refractivity contribution is -0.128. The summed E-state index contributed by atoms with van der Waals surface area (Å²) >= 11 is 0. The maximum absolute atomic E-state index is 11.4. The molecular formula is C12H17N3O2. The summed E-state index contributed by atoms with van der Waals surface area (Å²) in [6.45, 7) is 1.90. The van der Waals surface area contributed by atoms with Crippen LogP contribution >= 0.6 is 0 Å². The topological polar surface area (TPSA) is 81.6 Å². The number of hydrogen-bond donors (Lipinski definition) is 2. The first-order valence-electron chi connectivity index (χ1n) is 5.72. The Morgan fingerprint density at radius 3 is 2.82 bits per heavy atom. The molecule has 4 N–H and O–H groups in total. The van der Waals surface area contributed by atoms with Crippen molar-refractivity contribution in [2.75, 3.05) is 31.2 Å². The van der Waals surface area contributed by atoms with Crippen LogP contribution in [0.5, 0.6) is 5.75 Å². The van der Waals surface area contributed by atoms with Gasteiger partial charge in [-0.1, -0.05) is 0 Å². The first-order valence-corrected chi connectivity index (χ1v) is 5.72. The van der Waals surface area contributed by atoms with E-state index in [4.69, 9.17) is 16.2 Å². The maximum atomic E-state index is 11.4. The van der Waals surface area contributed by atoms with E-state index in [9.17, 15) is 4.79 Å². The van der Waals surface area contributed by atoms with E-state index in [0.29, 0.717) is 36.7 Å². The van der Waals surface area contributed by atoms with Crippen LogP contribution in [0.4, 0.5) is 11.4 Å². The molecule has 92 valence electrons. The highest BCUT2D eigenvalue weighted by Crippen LogP contribution is 2.23. The first-order chi connectivity index (χ1) is 8.16. The number of carbonyl (C=O) groups excluding carboxylic acids is 1. The van der Waals surface area contributed by atoms with Gasteiger partial charge in [-0.05, 0) is 24.6 Å². The van der Waals surface area contributed by atoms with Crippen molar-refractivity contribution in [3.63, 3.8) is 0 Å². The second-order valence-electron chi connectivity index (χ2n) is 4.13. The van der Waals surface area contributed by atoms with Gasteiger partial charge >= 0.3 is 0 Å². The van der Waals surface area contributed by atoms with E-state index in [1.54, 1.807) is 18.2 Å². The number of hydrogen-bond acceptors (Lipinski definition) is 4. The standard InChI is InChI=1S/C12H17N3O2/c13-9-3-4-11(10(14)8-9)17-7-6-15-5-1-2-12(15)16/h3-4,8H,1-2,5-7,13-14H2. The Balaban J connectivity index is 1.83. The zero-order valence-corrected chi connectivity index (χ0v) is 9.69. The van der Waals surface area contributed by atoms with Crippen molar-refractivity contribution < 1.29 is 9.53 Å². The fraction of sp³-hybridized carbons (Fsp3) is 0.417. The van der Waals surface area contributed by atoms with Crippen molar-refractivity contribution in [2.45, 2.75) is 12.8 Å². The molecule has 1 aliphatic heterocycles. The van der Waals surface area contributed by atoms with Crippen LogP contribution in [0.2, 0.25) is 0 Å². The largest absolute Gasteiger partial charge is 0.490 e. The maximum Gasteiger partial charge on any atom is 0.222 e. The summed E-state index contributed by atoms with van der Waals surface area (Å²) in [6, 6.07) is 5.15. The van der Waals surface area contributed by atoms with Gasteiger partial charge in [-0.3, -0.25) is 4.79 Å². The highest BCUT2D eigenvalue weighted by molar-refractivity contribution is 5.78. The number of benzene rings is 1. The molecule has 0 spiro atoms. The summed E-state index contributed by atoms with van der Waals surface area (Å²) in [4.78, 5) is 13.2. The molecule has 0 unspecified atom stereocenters.